The molecule has 0 spiro atoms. The molecule has 0 heterocycles. The Morgan fingerprint density at radius 3 is 2.22 bits per heavy atom. The van der Waals surface area contributed by atoms with Crippen LogP contribution < -0.4 is 5.32 Å². The van der Waals surface area contributed by atoms with E-state index in [0.717, 1.165) is 29.7 Å². The monoisotopic (exact) mass is 522 g/mol. The number of rotatable bonds is 14. The first-order valence-corrected chi connectivity index (χ1v) is 14.1. The lowest BCUT2D eigenvalue weighted by Crippen LogP contribution is -2.50. The zero-order chi connectivity index (χ0) is 25.6. The quantitative estimate of drug-likeness (QED) is 0.245. The second kappa shape index (κ2) is 15.4. The van der Waals surface area contributed by atoms with E-state index in [-0.39, 0.29) is 11.8 Å². The highest BCUT2D eigenvalue weighted by Crippen LogP contribution is 2.22. The van der Waals surface area contributed by atoms with E-state index in [1.54, 1.807) is 16.7 Å². The predicted octanol–water partition coefficient (Wildman–Crippen LogP) is 6.52. The molecule has 0 saturated heterocycles. The van der Waals surface area contributed by atoms with Gasteiger partial charge in [-0.2, -0.15) is 11.8 Å². The lowest BCUT2D eigenvalue weighted by molar-refractivity contribution is -0.141. The minimum absolute atomic E-state index is 0.0398. The average Bonchev–Trinajstić information content (AvgIpc) is 2.91. The molecule has 4 nitrogen and oxygen atoms in total. The molecule has 0 aliphatic carbocycles. The van der Waals surface area contributed by atoms with Crippen LogP contribution in [0.4, 0.5) is 0 Å². The number of amides is 2. The van der Waals surface area contributed by atoms with Gasteiger partial charge in [0.1, 0.15) is 6.04 Å². The van der Waals surface area contributed by atoms with Gasteiger partial charge < -0.3 is 10.2 Å². The molecule has 0 aliphatic rings. The molecular formula is C30H35ClN2O2S. The Bertz CT molecular complexity index is 1080. The maximum absolute atomic E-state index is 13.6. The minimum Gasteiger partial charge on any atom is -0.354 e. The van der Waals surface area contributed by atoms with E-state index in [4.69, 9.17) is 11.6 Å². The van der Waals surface area contributed by atoms with Crippen LogP contribution in [0.25, 0.3) is 0 Å². The van der Waals surface area contributed by atoms with Crippen molar-refractivity contribution in [3.63, 3.8) is 0 Å². The smallest absolute Gasteiger partial charge is 0.243 e. The van der Waals surface area contributed by atoms with E-state index in [9.17, 15) is 9.59 Å². The van der Waals surface area contributed by atoms with E-state index >= 15 is 0 Å². The molecule has 0 aromatic heterocycles. The molecule has 0 saturated carbocycles. The fraction of sp³-hybridized carbons (Fsp3) is 0.333. The lowest BCUT2D eigenvalue weighted by atomic mass is 10.0. The molecule has 0 aliphatic heterocycles. The van der Waals surface area contributed by atoms with E-state index in [1.165, 1.54) is 5.56 Å². The van der Waals surface area contributed by atoms with Crippen molar-refractivity contribution in [2.45, 2.75) is 50.9 Å². The Balaban J connectivity index is 1.79. The summed E-state index contributed by atoms with van der Waals surface area (Å²) in [6.07, 6.45) is 2.70. The first-order valence-electron chi connectivity index (χ1n) is 12.5. The molecule has 0 unspecified atom stereocenters. The van der Waals surface area contributed by atoms with E-state index in [0.29, 0.717) is 36.7 Å². The molecule has 3 rings (SSSR count). The van der Waals surface area contributed by atoms with Gasteiger partial charge in [0.05, 0.1) is 0 Å². The Labute approximate surface area is 224 Å². The van der Waals surface area contributed by atoms with Crippen molar-refractivity contribution in [2.24, 2.45) is 0 Å². The number of halogens is 1. The number of nitrogens with zero attached hydrogens (tertiary/aromatic N) is 1. The zero-order valence-electron chi connectivity index (χ0n) is 20.9. The third kappa shape index (κ3) is 9.03. The summed E-state index contributed by atoms with van der Waals surface area (Å²) in [5, 5.41) is 3.65. The third-order valence-electron chi connectivity index (χ3n) is 5.97. The number of hydrogen-bond acceptors (Lipinski definition) is 3. The normalized spacial score (nSPS) is 11.6. The highest BCUT2D eigenvalue weighted by atomic mass is 35.5. The van der Waals surface area contributed by atoms with Crippen LogP contribution in [0, 0.1) is 0 Å². The van der Waals surface area contributed by atoms with Crippen molar-refractivity contribution in [3.8, 4) is 0 Å². The summed E-state index contributed by atoms with van der Waals surface area (Å²) in [5.41, 5.74) is 3.09. The molecule has 0 radical (unpaired) electrons. The van der Waals surface area contributed by atoms with Crippen molar-refractivity contribution in [3.05, 3.63) is 107 Å². The van der Waals surface area contributed by atoms with Crippen molar-refractivity contribution >= 4 is 35.2 Å². The summed E-state index contributed by atoms with van der Waals surface area (Å²) in [7, 11) is 0. The van der Waals surface area contributed by atoms with Crippen molar-refractivity contribution in [2.75, 3.05) is 12.3 Å². The highest BCUT2D eigenvalue weighted by molar-refractivity contribution is 7.98. The molecule has 0 fully saturated rings. The van der Waals surface area contributed by atoms with Gasteiger partial charge in [0, 0.05) is 42.5 Å². The van der Waals surface area contributed by atoms with Crippen LogP contribution >= 0.6 is 23.4 Å². The third-order valence-corrected chi connectivity index (χ3v) is 7.37. The number of benzene rings is 3. The zero-order valence-corrected chi connectivity index (χ0v) is 22.4. The van der Waals surface area contributed by atoms with Crippen molar-refractivity contribution in [1.29, 1.82) is 0 Å². The second-order valence-corrected chi connectivity index (χ2v) is 10.3. The molecule has 1 atom stereocenters. The van der Waals surface area contributed by atoms with Crippen LogP contribution in [0.3, 0.4) is 0 Å². The van der Waals surface area contributed by atoms with Gasteiger partial charge in [-0.15, -0.1) is 0 Å². The summed E-state index contributed by atoms with van der Waals surface area (Å²) in [6, 6.07) is 27.0. The number of nitrogens with one attached hydrogen (secondary N) is 1. The van der Waals surface area contributed by atoms with Gasteiger partial charge in [-0.3, -0.25) is 9.59 Å². The maximum Gasteiger partial charge on any atom is 0.243 e. The Hall–Kier alpha value is -2.76. The number of thioether (sulfide) groups is 1. The molecule has 190 valence electrons. The fourth-order valence-corrected chi connectivity index (χ4v) is 5.02. The van der Waals surface area contributed by atoms with Gasteiger partial charge in [0.25, 0.3) is 0 Å². The van der Waals surface area contributed by atoms with Gasteiger partial charge >= 0.3 is 0 Å². The van der Waals surface area contributed by atoms with Gasteiger partial charge in [-0.05, 0) is 29.2 Å². The van der Waals surface area contributed by atoms with E-state index in [1.807, 2.05) is 72.8 Å². The van der Waals surface area contributed by atoms with Crippen LogP contribution in [-0.4, -0.2) is 35.1 Å². The summed E-state index contributed by atoms with van der Waals surface area (Å²) < 4.78 is 0. The summed E-state index contributed by atoms with van der Waals surface area (Å²) >= 11 is 8.20. The second-order valence-electron chi connectivity index (χ2n) is 8.75. The molecule has 0 bridgehead atoms. The maximum atomic E-state index is 13.6. The summed E-state index contributed by atoms with van der Waals surface area (Å²) in [6.45, 7) is 2.98. The summed E-state index contributed by atoms with van der Waals surface area (Å²) in [5.74, 6) is 1.37. The van der Waals surface area contributed by atoms with E-state index in [2.05, 4.69) is 24.4 Å². The van der Waals surface area contributed by atoms with Crippen molar-refractivity contribution < 1.29 is 9.59 Å². The lowest BCUT2D eigenvalue weighted by Gasteiger charge is -2.32. The molecule has 6 heteroatoms. The largest absolute Gasteiger partial charge is 0.354 e. The first-order chi connectivity index (χ1) is 17.6. The highest BCUT2D eigenvalue weighted by Gasteiger charge is 2.30. The van der Waals surface area contributed by atoms with Gasteiger partial charge in [0.15, 0.2) is 0 Å². The molecule has 3 aromatic rings. The van der Waals surface area contributed by atoms with Gasteiger partial charge in [-0.25, -0.2) is 0 Å². The topological polar surface area (TPSA) is 49.4 Å². The Morgan fingerprint density at radius 1 is 0.917 bits per heavy atom. The molecule has 1 N–H and O–H groups in total. The number of carbonyl (C=O) groups is 2. The van der Waals surface area contributed by atoms with Crippen LogP contribution in [0.15, 0.2) is 84.9 Å². The molecular weight excluding hydrogens is 488 g/mol. The Kier molecular flexibility index (Phi) is 11.9. The van der Waals surface area contributed by atoms with Crippen LogP contribution in [0.2, 0.25) is 5.02 Å². The van der Waals surface area contributed by atoms with Gasteiger partial charge in [0.2, 0.25) is 11.8 Å². The van der Waals surface area contributed by atoms with Gasteiger partial charge in [-0.1, -0.05) is 104 Å². The number of unbranched alkanes of at least 4 members (excludes halogenated alkanes) is 1. The molecule has 36 heavy (non-hydrogen) atoms. The van der Waals surface area contributed by atoms with E-state index < -0.39 is 6.04 Å². The Morgan fingerprint density at radius 2 is 1.56 bits per heavy atom. The van der Waals surface area contributed by atoms with Crippen LogP contribution in [0.5, 0.6) is 0 Å². The first kappa shape index (κ1) is 27.8. The number of carbonyl (C=O) groups excluding carboxylic acids is 2. The number of hydrogen-bond donors (Lipinski definition) is 1. The van der Waals surface area contributed by atoms with Crippen LogP contribution in [0.1, 0.15) is 42.9 Å². The predicted molar refractivity (Wildman–Crippen MR) is 151 cm³/mol. The minimum atomic E-state index is -0.618. The summed E-state index contributed by atoms with van der Waals surface area (Å²) in [4.78, 5) is 28.8. The molecule has 3 aromatic carbocycles. The fourth-order valence-electron chi connectivity index (χ4n) is 3.94. The SMILES string of the molecule is CCCCNC(=O)[C@@H](Cc1ccccc1)N(Cc1ccccc1Cl)C(=O)CCSCc1ccccc1. The van der Waals surface area contributed by atoms with Crippen molar-refractivity contribution in [1.82, 2.24) is 10.2 Å². The average molecular weight is 523 g/mol. The standard InChI is InChI=1S/C30H35ClN2O2S/c1-2-3-19-32-30(35)28(21-24-12-6-4-7-13-24)33(22-26-16-10-11-17-27(26)31)29(34)18-20-36-23-25-14-8-5-9-15-25/h4-17,28H,2-3,18-23H2,1H3,(H,32,35)/t28-/m1/s1. The molecule has 2 amide bonds. The van der Waals surface area contributed by atoms with Crippen LogP contribution in [-0.2, 0) is 28.3 Å².